The second kappa shape index (κ2) is 8.23. The number of carbonyl (C=O) groups is 1. The average Bonchev–Trinajstić information content (AvgIpc) is 2.67. The Labute approximate surface area is 156 Å². The van der Waals surface area contributed by atoms with Gasteiger partial charge in [0.25, 0.3) is 0 Å². The van der Waals surface area contributed by atoms with Crippen LogP contribution in [0.5, 0.6) is 23.0 Å². The monoisotopic (exact) mass is 375 g/mol. The maximum absolute atomic E-state index is 12.5. The Kier molecular flexibility index (Phi) is 5.78. The molecule has 6 nitrogen and oxygen atoms in total. The second-order valence-corrected chi connectivity index (χ2v) is 7.04. The van der Waals surface area contributed by atoms with E-state index in [1.807, 2.05) is 25.1 Å². The number of thioether (sulfide) groups is 1. The molecule has 2 aromatic carbocycles. The minimum atomic E-state index is -0.290. The zero-order chi connectivity index (χ0) is 18.5. The van der Waals surface area contributed by atoms with Crippen molar-refractivity contribution in [3.63, 3.8) is 0 Å². The van der Waals surface area contributed by atoms with Crippen LogP contribution in [-0.4, -0.2) is 38.6 Å². The summed E-state index contributed by atoms with van der Waals surface area (Å²) >= 11 is 1.44. The number of carbonyl (C=O) groups excluding carboxylic acids is 1. The third kappa shape index (κ3) is 4.16. The lowest BCUT2D eigenvalue weighted by molar-refractivity contribution is -0.115. The van der Waals surface area contributed by atoms with Crippen LogP contribution in [-0.2, 0) is 4.79 Å². The summed E-state index contributed by atoms with van der Waals surface area (Å²) in [5, 5.41) is 2.62. The van der Waals surface area contributed by atoms with Crippen molar-refractivity contribution in [3.05, 3.63) is 36.4 Å². The molecular formula is C19H21NO5S. The van der Waals surface area contributed by atoms with Crippen molar-refractivity contribution in [3.8, 4) is 23.0 Å². The van der Waals surface area contributed by atoms with Gasteiger partial charge in [0.05, 0.1) is 19.5 Å². The number of amides is 1. The minimum absolute atomic E-state index is 0.0959. The highest BCUT2D eigenvalue weighted by molar-refractivity contribution is 8.00. The van der Waals surface area contributed by atoms with Crippen LogP contribution in [0.3, 0.4) is 0 Å². The summed E-state index contributed by atoms with van der Waals surface area (Å²) in [5.41, 5.74) is 0.680. The van der Waals surface area contributed by atoms with E-state index in [9.17, 15) is 4.79 Å². The predicted molar refractivity (Wildman–Crippen MR) is 101 cm³/mol. The summed E-state index contributed by atoms with van der Waals surface area (Å²) in [6.07, 6.45) is 0. The lowest BCUT2D eigenvalue weighted by atomic mass is 10.2. The maximum atomic E-state index is 12.5. The smallest absolute Gasteiger partial charge is 0.237 e. The third-order valence-electron chi connectivity index (χ3n) is 3.85. The second-order valence-electron chi connectivity index (χ2n) is 5.62. The first kappa shape index (κ1) is 18.3. The molecule has 1 heterocycles. The van der Waals surface area contributed by atoms with Crippen LogP contribution >= 0.6 is 11.8 Å². The first-order valence-electron chi connectivity index (χ1n) is 8.20. The van der Waals surface area contributed by atoms with Gasteiger partial charge in [0.2, 0.25) is 5.91 Å². The van der Waals surface area contributed by atoms with Crippen molar-refractivity contribution < 1.29 is 23.7 Å². The summed E-state index contributed by atoms with van der Waals surface area (Å²) in [4.78, 5) is 13.4. The molecule has 0 saturated carbocycles. The van der Waals surface area contributed by atoms with Gasteiger partial charge in [-0.2, -0.15) is 0 Å². The maximum Gasteiger partial charge on any atom is 0.237 e. The first-order chi connectivity index (χ1) is 12.6. The molecule has 0 saturated heterocycles. The van der Waals surface area contributed by atoms with Crippen LogP contribution in [0.2, 0.25) is 0 Å². The number of hydrogen-bond acceptors (Lipinski definition) is 6. The van der Waals surface area contributed by atoms with E-state index in [1.54, 1.807) is 32.4 Å². The number of fused-ring (bicyclic) bond motifs is 1. The van der Waals surface area contributed by atoms with Gasteiger partial charge in [0.1, 0.15) is 13.2 Å². The van der Waals surface area contributed by atoms with Gasteiger partial charge in [-0.15, -0.1) is 11.8 Å². The molecule has 0 bridgehead atoms. The Morgan fingerprint density at radius 2 is 1.77 bits per heavy atom. The molecule has 3 rings (SSSR count). The fourth-order valence-electron chi connectivity index (χ4n) is 2.51. The van der Waals surface area contributed by atoms with Crippen molar-refractivity contribution in [2.45, 2.75) is 17.1 Å². The minimum Gasteiger partial charge on any atom is -0.493 e. The van der Waals surface area contributed by atoms with Crippen LogP contribution in [0.25, 0.3) is 0 Å². The summed E-state index contributed by atoms with van der Waals surface area (Å²) in [6.45, 7) is 2.91. The fourth-order valence-corrected chi connectivity index (χ4v) is 3.41. The molecule has 1 N–H and O–H groups in total. The topological polar surface area (TPSA) is 66.0 Å². The molecule has 138 valence electrons. The molecule has 0 aromatic heterocycles. The normalized spacial score (nSPS) is 13.7. The highest BCUT2D eigenvalue weighted by atomic mass is 32.2. The summed E-state index contributed by atoms with van der Waals surface area (Å²) in [5.74, 6) is 2.54. The van der Waals surface area contributed by atoms with Gasteiger partial charge >= 0.3 is 0 Å². The molecule has 2 aromatic rings. The van der Waals surface area contributed by atoms with Crippen LogP contribution < -0.4 is 24.3 Å². The SMILES string of the molecule is COc1ccc(S[C@@H](C)C(=O)Nc2ccc3c(c2)OCCO3)cc1OC. The number of hydrogen-bond donors (Lipinski definition) is 1. The molecule has 0 aliphatic carbocycles. The third-order valence-corrected chi connectivity index (χ3v) is 4.94. The number of nitrogens with one attached hydrogen (secondary N) is 1. The Hall–Kier alpha value is -2.54. The van der Waals surface area contributed by atoms with E-state index in [4.69, 9.17) is 18.9 Å². The number of anilines is 1. The first-order valence-corrected chi connectivity index (χ1v) is 9.08. The van der Waals surface area contributed by atoms with Gasteiger partial charge < -0.3 is 24.3 Å². The van der Waals surface area contributed by atoms with Gasteiger partial charge in [-0.05, 0) is 37.3 Å². The van der Waals surface area contributed by atoms with E-state index < -0.39 is 0 Å². The molecular weight excluding hydrogens is 354 g/mol. The lowest BCUT2D eigenvalue weighted by Gasteiger charge is -2.19. The summed E-state index contributed by atoms with van der Waals surface area (Å²) in [7, 11) is 3.18. The highest BCUT2D eigenvalue weighted by Gasteiger charge is 2.18. The molecule has 0 spiro atoms. The molecule has 1 atom stereocenters. The molecule has 1 aliphatic rings. The Bertz CT molecular complexity index is 795. The quantitative estimate of drug-likeness (QED) is 0.779. The van der Waals surface area contributed by atoms with E-state index in [0.29, 0.717) is 41.9 Å². The summed E-state index contributed by atoms with van der Waals surface area (Å²) in [6, 6.07) is 11.0. The van der Waals surface area contributed by atoms with Gasteiger partial charge in [0, 0.05) is 16.6 Å². The molecule has 0 unspecified atom stereocenters. The van der Waals surface area contributed by atoms with Crippen LogP contribution in [0.15, 0.2) is 41.3 Å². The fraction of sp³-hybridized carbons (Fsp3) is 0.316. The van der Waals surface area contributed by atoms with Crippen molar-refractivity contribution in [2.24, 2.45) is 0 Å². The summed E-state index contributed by atoms with van der Waals surface area (Å²) < 4.78 is 21.6. The lowest BCUT2D eigenvalue weighted by Crippen LogP contribution is -2.22. The van der Waals surface area contributed by atoms with E-state index in [0.717, 1.165) is 4.90 Å². The Morgan fingerprint density at radius 3 is 2.50 bits per heavy atom. The molecule has 0 radical (unpaired) electrons. The van der Waals surface area contributed by atoms with Crippen LogP contribution in [0.4, 0.5) is 5.69 Å². The highest BCUT2D eigenvalue weighted by Crippen LogP contribution is 2.35. The van der Waals surface area contributed by atoms with Crippen LogP contribution in [0, 0.1) is 0 Å². The number of methoxy groups -OCH3 is 2. The number of rotatable bonds is 6. The van der Waals surface area contributed by atoms with Gasteiger partial charge in [-0.25, -0.2) is 0 Å². The zero-order valence-corrected chi connectivity index (χ0v) is 15.7. The van der Waals surface area contributed by atoms with E-state index in [2.05, 4.69) is 5.32 Å². The van der Waals surface area contributed by atoms with E-state index >= 15 is 0 Å². The largest absolute Gasteiger partial charge is 0.493 e. The molecule has 0 fully saturated rings. The molecule has 26 heavy (non-hydrogen) atoms. The Balaban J connectivity index is 1.64. The molecule has 7 heteroatoms. The van der Waals surface area contributed by atoms with E-state index in [1.165, 1.54) is 11.8 Å². The van der Waals surface area contributed by atoms with Crippen LogP contribution in [0.1, 0.15) is 6.92 Å². The van der Waals surface area contributed by atoms with E-state index in [-0.39, 0.29) is 11.2 Å². The van der Waals surface area contributed by atoms with Gasteiger partial charge in [-0.3, -0.25) is 4.79 Å². The van der Waals surface area contributed by atoms with Crippen molar-refractivity contribution in [2.75, 3.05) is 32.8 Å². The number of ether oxygens (including phenoxy) is 4. The van der Waals surface area contributed by atoms with Crippen molar-refractivity contribution >= 4 is 23.4 Å². The van der Waals surface area contributed by atoms with Gasteiger partial charge in [-0.1, -0.05) is 0 Å². The number of benzene rings is 2. The van der Waals surface area contributed by atoms with Crippen molar-refractivity contribution in [1.29, 1.82) is 0 Å². The standard InChI is InChI=1S/C19H21NO5S/c1-12(26-14-5-7-15(22-2)17(11-14)23-3)19(21)20-13-4-6-16-18(10-13)25-9-8-24-16/h4-7,10-12H,8-9H2,1-3H3,(H,20,21)/t12-/m0/s1. The van der Waals surface area contributed by atoms with Crippen molar-refractivity contribution in [1.82, 2.24) is 0 Å². The zero-order valence-electron chi connectivity index (χ0n) is 14.9. The predicted octanol–water partition coefficient (Wildman–Crippen LogP) is 3.59. The molecule has 1 amide bonds. The average molecular weight is 375 g/mol. The Morgan fingerprint density at radius 1 is 1.04 bits per heavy atom. The van der Waals surface area contributed by atoms with Gasteiger partial charge in [0.15, 0.2) is 23.0 Å². The molecule has 1 aliphatic heterocycles.